The van der Waals surface area contributed by atoms with E-state index in [1.807, 2.05) is 21.1 Å². The molecule has 1 unspecified atom stereocenters. The van der Waals surface area contributed by atoms with Gasteiger partial charge in [-0.05, 0) is 103 Å². The van der Waals surface area contributed by atoms with Gasteiger partial charge in [0.1, 0.15) is 19.8 Å². The number of likely N-dealkylation sites (N-methyl/N-ethyl adjacent to an activating group) is 1. The molecule has 0 aliphatic heterocycles. The van der Waals surface area contributed by atoms with Crippen LogP contribution in [0.15, 0.2) is 109 Å². The van der Waals surface area contributed by atoms with Crippen LogP contribution in [0, 0.1) is 0 Å². The Kier molecular flexibility index (Phi) is 40.6. The van der Waals surface area contributed by atoms with Crippen LogP contribution in [0.25, 0.3) is 0 Å². The minimum absolute atomic E-state index is 0.0127. The number of carbonyl (C=O) groups excluding carboxylic acids is 2. The molecule has 0 aromatic rings. The predicted octanol–water partition coefficient (Wildman–Crippen LogP) is 13.9. The third kappa shape index (κ3) is 46.2. The van der Waals surface area contributed by atoms with Crippen molar-refractivity contribution in [1.29, 1.82) is 0 Å². The van der Waals surface area contributed by atoms with Gasteiger partial charge in [0.2, 0.25) is 0 Å². The van der Waals surface area contributed by atoms with Crippen LogP contribution >= 0.6 is 7.82 Å². The highest BCUT2D eigenvalue weighted by molar-refractivity contribution is 7.47. The molecule has 352 valence electrons. The van der Waals surface area contributed by atoms with E-state index in [1.54, 1.807) is 0 Å². The zero-order valence-corrected chi connectivity index (χ0v) is 40.4. The van der Waals surface area contributed by atoms with Crippen molar-refractivity contribution in [1.82, 2.24) is 0 Å². The summed E-state index contributed by atoms with van der Waals surface area (Å²) in [5.41, 5.74) is 0. The van der Waals surface area contributed by atoms with Gasteiger partial charge in [-0.25, -0.2) is 4.57 Å². The van der Waals surface area contributed by atoms with Crippen LogP contribution in [0.1, 0.15) is 155 Å². The molecule has 0 aromatic heterocycles. The first-order valence-electron chi connectivity index (χ1n) is 23.6. The van der Waals surface area contributed by atoms with Crippen molar-refractivity contribution in [3.05, 3.63) is 109 Å². The van der Waals surface area contributed by atoms with E-state index in [9.17, 15) is 19.0 Å². The molecule has 10 heteroatoms. The van der Waals surface area contributed by atoms with Gasteiger partial charge in [-0.1, -0.05) is 149 Å². The summed E-state index contributed by atoms with van der Waals surface area (Å²) in [5.74, 6) is -0.884. The molecule has 0 aliphatic carbocycles. The van der Waals surface area contributed by atoms with Crippen molar-refractivity contribution in [2.45, 2.75) is 161 Å². The van der Waals surface area contributed by atoms with Crippen molar-refractivity contribution < 1.29 is 42.1 Å². The van der Waals surface area contributed by atoms with Gasteiger partial charge >= 0.3 is 19.8 Å². The highest BCUT2D eigenvalue weighted by Gasteiger charge is 2.27. The fourth-order valence-electron chi connectivity index (χ4n) is 5.61. The normalized spacial score (nSPS) is 14.5. The zero-order valence-electron chi connectivity index (χ0n) is 39.6. The second-order valence-electron chi connectivity index (χ2n) is 16.4. The van der Waals surface area contributed by atoms with Crippen LogP contribution in [-0.4, -0.2) is 74.9 Å². The Morgan fingerprint density at radius 3 is 1.34 bits per heavy atom. The maximum absolute atomic E-state index is 12.7. The molecule has 0 saturated heterocycles. The number of phosphoric ester groups is 1. The number of allylic oxidation sites excluding steroid dienone is 18. The Bertz CT molecular complexity index is 1420. The van der Waals surface area contributed by atoms with E-state index in [2.05, 4.69) is 123 Å². The topological polar surface area (TPSA) is 108 Å². The molecular weight excluding hydrogens is 798 g/mol. The van der Waals surface area contributed by atoms with E-state index in [-0.39, 0.29) is 26.1 Å². The summed E-state index contributed by atoms with van der Waals surface area (Å²) < 4.78 is 34.3. The van der Waals surface area contributed by atoms with Gasteiger partial charge in [-0.3, -0.25) is 18.6 Å². The van der Waals surface area contributed by atoms with E-state index in [1.165, 1.54) is 25.7 Å². The number of ether oxygens (including phenoxy) is 2. The van der Waals surface area contributed by atoms with Crippen LogP contribution < -0.4 is 0 Å². The number of nitrogens with zero attached hydrogens (tertiary/aromatic N) is 1. The second kappa shape index (κ2) is 42.9. The summed E-state index contributed by atoms with van der Waals surface area (Å²) >= 11 is 0. The first-order valence-corrected chi connectivity index (χ1v) is 25.1. The molecule has 2 atom stereocenters. The Morgan fingerprint density at radius 1 is 0.516 bits per heavy atom. The highest BCUT2D eigenvalue weighted by Crippen LogP contribution is 2.43. The van der Waals surface area contributed by atoms with E-state index in [0.717, 1.165) is 89.9 Å². The number of hydrogen-bond acceptors (Lipinski definition) is 7. The SMILES string of the molecule is CC/C=C/C/C=C/C/C=C/C/C=C/C/C=C/CCCCCC(=O)O[C@H](COC(=O)CCCCC/C=C/C/C=C/C/C=C/C/C=C/CCCCC)COP(=O)(O)OCC[N+](C)(C)C. The standard InChI is InChI=1S/C52H86NO8P/c1-6-8-10-12-14-16-18-20-22-24-26-28-30-32-34-36-38-40-42-44-51(54)58-48-50(49-60-62(56,57)59-47-46-53(3,4)5)61-52(55)45-43-41-39-37-35-33-31-29-27-25-23-21-19-17-15-13-11-9-7-2/h9,11,14-17,20-23,26-29,32-35,50H,6-8,10,12-13,18-19,24-25,30-31,36-49H2,1-5H3/p+1/b11-9+,16-14+,17-15+,22-20+,23-21+,28-26+,29-27+,34-32+,35-33+/t50-/m1/s1. The molecule has 0 radical (unpaired) electrons. The van der Waals surface area contributed by atoms with Gasteiger partial charge in [0.15, 0.2) is 6.10 Å². The lowest BCUT2D eigenvalue weighted by molar-refractivity contribution is -0.870. The molecule has 9 nitrogen and oxygen atoms in total. The average molecular weight is 885 g/mol. The summed E-state index contributed by atoms with van der Waals surface area (Å²) in [4.78, 5) is 35.5. The van der Waals surface area contributed by atoms with Gasteiger partial charge in [0, 0.05) is 12.8 Å². The molecule has 0 heterocycles. The Labute approximate surface area is 378 Å². The molecular formula is C52H87NO8P+. The summed E-state index contributed by atoms with van der Waals surface area (Å²) in [6.45, 7) is 4.18. The number of phosphoric acid groups is 1. The second-order valence-corrected chi connectivity index (χ2v) is 17.9. The number of esters is 2. The maximum Gasteiger partial charge on any atom is 0.472 e. The number of quaternary nitrogens is 1. The van der Waals surface area contributed by atoms with Crippen molar-refractivity contribution in [3.8, 4) is 0 Å². The fraction of sp³-hybridized carbons (Fsp3) is 0.615. The molecule has 0 aliphatic rings. The molecule has 0 spiro atoms. The van der Waals surface area contributed by atoms with Crippen molar-refractivity contribution in [2.24, 2.45) is 0 Å². The molecule has 0 bridgehead atoms. The number of hydrogen-bond donors (Lipinski definition) is 1. The quantitative estimate of drug-likeness (QED) is 0.0213. The summed E-state index contributed by atoms with van der Waals surface area (Å²) in [6, 6.07) is 0. The molecule has 62 heavy (non-hydrogen) atoms. The van der Waals surface area contributed by atoms with E-state index >= 15 is 0 Å². The first kappa shape index (κ1) is 58.7. The Hall–Kier alpha value is -3.33. The summed E-state index contributed by atoms with van der Waals surface area (Å²) in [6.07, 6.45) is 58.5. The molecule has 0 amide bonds. The average Bonchev–Trinajstić information content (AvgIpc) is 3.23. The van der Waals surface area contributed by atoms with Gasteiger partial charge in [-0.2, -0.15) is 0 Å². The van der Waals surface area contributed by atoms with Crippen molar-refractivity contribution in [3.63, 3.8) is 0 Å². The smallest absolute Gasteiger partial charge is 0.462 e. The largest absolute Gasteiger partial charge is 0.472 e. The third-order valence-corrected chi connectivity index (χ3v) is 10.3. The summed E-state index contributed by atoms with van der Waals surface area (Å²) in [7, 11) is 1.41. The van der Waals surface area contributed by atoms with Crippen molar-refractivity contribution in [2.75, 3.05) is 47.5 Å². The lowest BCUT2D eigenvalue weighted by atomic mass is 10.1. The highest BCUT2D eigenvalue weighted by atomic mass is 31.2. The first-order chi connectivity index (χ1) is 30.0. The van der Waals surface area contributed by atoms with E-state index < -0.39 is 32.5 Å². The van der Waals surface area contributed by atoms with Gasteiger partial charge < -0.3 is 18.9 Å². The lowest BCUT2D eigenvalue weighted by Crippen LogP contribution is -2.37. The molecule has 0 aromatic carbocycles. The number of unbranched alkanes of at least 4 members (excludes halogenated alkanes) is 9. The van der Waals surface area contributed by atoms with Gasteiger partial charge in [0.25, 0.3) is 0 Å². The fourth-order valence-corrected chi connectivity index (χ4v) is 6.35. The molecule has 0 saturated carbocycles. The lowest BCUT2D eigenvalue weighted by Gasteiger charge is -2.24. The Morgan fingerprint density at radius 2 is 0.919 bits per heavy atom. The molecule has 0 fully saturated rings. The van der Waals surface area contributed by atoms with Gasteiger partial charge in [0.05, 0.1) is 27.7 Å². The monoisotopic (exact) mass is 885 g/mol. The zero-order chi connectivity index (χ0) is 45.7. The minimum Gasteiger partial charge on any atom is -0.462 e. The molecule has 1 N–H and O–H groups in total. The predicted molar refractivity (Wildman–Crippen MR) is 261 cm³/mol. The van der Waals surface area contributed by atoms with E-state index in [4.69, 9.17) is 18.5 Å². The van der Waals surface area contributed by atoms with Crippen LogP contribution in [0.2, 0.25) is 0 Å². The van der Waals surface area contributed by atoms with Crippen LogP contribution in [0.4, 0.5) is 0 Å². The number of rotatable bonds is 41. The van der Waals surface area contributed by atoms with Crippen molar-refractivity contribution >= 4 is 19.8 Å². The summed E-state index contributed by atoms with van der Waals surface area (Å²) in [5, 5.41) is 0. The van der Waals surface area contributed by atoms with Gasteiger partial charge in [-0.15, -0.1) is 0 Å². The maximum atomic E-state index is 12.7. The van der Waals surface area contributed by atoms with Crippen LogP contribution in [-0.2, 0) is 32.7 Å². The third-order valence-electron chi connectivity index (χ3n) is 9.29. The van der Waals surface area contributed by atoms with Crippen LogP contribution in [0.3, 0.4) is 0 Å². The van der Waals surface area contributed by atoms with E-state index in [0.29, 0.717) is 23.9 Å². The number of carbonyl (C=O) groups is 2. The minimum atomic E-state index is -4.40. The van der Waals surface area contributed by atoms with Crippen LogP contribution in [0.5, 0.6) is 0 Å². The molecule has 0 rings (SSSR count). The Balaban J connectivity index is 4.48.